The smallest absolute Gasteiger partial charge is 0.348 e. The number of nitrogens with zero attached hydrogens (tertiary/aromatic N) is 1. The molecule has 0 aliphatic heterocycles. The van der Waals surface area contributed by atoms with Gasteiger partial charge in [0.1, 0.15) is 6.10 Å². The van der Waals surface area contributed by atoms with Gasteiger partial charge in [-0.1, -0.05) is 69.7 Å². The number of non-ortho nitro benzene ring substituents is 1. The highest BCUT2D eigenvalue weighted by Crippen LogP contribution is 2.77. The number of hydrogen-bond donors (Lipinski definition) is 0. The molecular formula is C30H40NO7P. The van der Waals surface area contributed by atoms with Crippen LogP contribution in [0.25, 0.3) is 0 Å². The normalized spacial score (nSPS) is 27.1. The van der Waals surface area contributed by atoms with Gasteiger partial charge >= 0.3 is 13.6 Å². The highest BCUT2D eigenvalue weighted by Gasteiger charge is 2.75. The molecule has 0 unspecified atom stereocenters. The van der Waals surface area contributed by atoms with Gasteiger partial charge in [-0.25, -0.2) is 0 Å². The van der Waals surface area contributed by atoms with Crippen LogP contribution in [-0.2, 0) is 28.6 Å². The molecule has 0 radical (unpaired) electrons. The Morgan fingerprint density at radius 3 is 2.23 bits per heavy atom. The van der Waals surface area contributed by atoms with Gasteiger partial charge in [0, 0.05) is 24.0 Å². The van der Waals surface area contributed by atoms with Gasteiger partial charge in [-0.05, 0) is 55.6 Å². The Bertz CT molecular complexity index is 1210. The first-order valence-corrected chi connectivity index (χ1v) is 15.4. The summed E-state index contributed by atoms with van der Waals surface area (Å²) in [5.41, 5.74) is 1.57. The van der Waals surface area contributed by atoms with Crippen molar-refractivity contribution in [2.75, 3.05) is 13.2 Å². The van der Waals surface area contributed by atoms with Crippen LogP contribution in [-0.4, -0.2) is 35.4 Å². The van der Waals surface area contributed by atoms with Crippen LogP contribution in [0.5, 0.6) is 0 Å². The number of nitro benzene ring substituents is 1. The van der Waals surface area contributed by atoms with E-state index < -0.39 is 29.6 Å². The van der Waals surface area contributed by atoms with Crippen LogP contribution in [0.15, 0.2) is 54.6 Å². The summed E-state index contributed by atoms with van der Waals surface area (Å²) in [7, 11) is -3.93. The Balaban J connectivity index is 1.69. The summed E-state index contributed by atoms with van der Waals surface area (Å²) in [4.78, 5) is 24.9. The van der Waals surface area contributed by atoms with E-state index in [9.17, 15) is 19.5 Å². The largest absolute Gasteiger partial charge is 0.461 e. The van der Waals surface area contributed by atoms with Crippen LogP contribution < -0.4 is 0 Å². The van der Waals surface area contributed by atoms with Gasteiger partial charge < -0.3 is 13.8 Å². The van der Waals surface area contributed by atoms with Gasteiger partial charge in [-0.2, -0.15) is 0 Å². The maximum absolute atomic E-state index is 14.3. The minimum Gasteiger partial charge on any atom is -0.461 e. The summed E-state index contributed by atoms with van der Waals surface area (Å²) >= 11 is 0. The van der Waals surface area contributed by atoms with Gasteiger partial charge in [0.25, 0.3) is 5.69 Å². The number of esters is 1. The Kier molecular flexibility index (Phi) is 8.70. The maximum Gasteiger partial charge on any atom is 0.348 e. The Morgan fingerprint density at radius 2 is 1.67 bits per heavy atom. The van der Waals surface area contributed by atoms with E-state index in [-0.39, 0.29) is 42.8 Å². The maximum atomic E-state index is 14.3. The molecular weight excluding hydrogens is 517 g/mol. The summed E-state index contributed by atoms with van der Waals surface area (Å²) in [5, 5.41) is 9.68. The first-order valence-electron chi connectivity index (χ1n) is 13.9. The predicted molar refractivity (Wildman–Crippen MR) is 150 cm³/mol. The van der Waals surface area contributed by atoms with Crippen molar-refractivity contribution in [3.8, 4) is 0 Å². The van der Waals surface area contributed by atoms with Crippen LogP contribution in [0.3, 0.4) is 0 Å². The number of benzene rings is 2. The van der Waals surface area contributed by atoms with Crippen LogP contribution in [0.4, 0.5) is 5.69 Å². The fourth-order valence-electron chi connectivity index (χ4n) is 6.33. The van der Waals surface area contributed by atoms with Gasteiger partial charge in [-0.15, -0.1) is 0 Å². The number of hydrogen-bond acceptors (Lipinski definition) is 7. The van der Waals surface area contributed by atoms with Crippen LogP contribution in [0.1, 0.15) is 77.3 Å². The molecule has 0 aromatic heterocycles. The average molecular weight is 558 g/mol. The number of nitro groups is 1. The summed E-state index contributed by atoms with van der Waals surface area (Å²) in [6.45, 7) is 10.2. The summed E-state index contributed by atoms with van der Waals surface area (Å²) in [6.07, 6.45) is 2.55. The van der Waals surface area contributed by atoms with Crippen molar-refractivity contribution >= 4 is 19.3 Å². The average Bonchev–Trinajstić information content (AvgIpc) is 3.67. The monoisotopic (exact) mass is 557 g/mol. The van der Waals surface area contributed by atoms with Crippen molar-refractivity contribution in [1.82, 2.24) is 0 Å². The molecule has 2 saturated carbocycles. The Labute approximate surface area is 231 Å². The van der Waals surface area contributed by atoms with Gasteiger partial charge in [0.15, 0.2) is 5.16 Å². The lowest BCUT2D eigenvalue weighted by Crippen LogP contribution is -2.45. The van der Waals surface area contributed by atoms with Gasteiger partial charge in [0.05, 0.1) is 18.1 Å². The van der Waals surface area contributed by atoms with Crippen LogP contribution >= 0.6 is 7.60 Å². The minimum atomic E-state index is -3.93. The van der Waals surface area contributed by atoms with E-state index in [1.165, 1.54) is 17.7 Å². The molecule has 9 heteroatoms. The fourth-order valence-corrected chi connectivity index (χ4v) is 8.76. The molecule has 0 N–H and O–H groups in total. The van der Waals surface area contributed by atoms with Crippen LogP contribution in [0.2, 0.25) is 0 Å². The van der Waals surface area contributed by atoms with E-state index in [1.54, 1.807) is 26.0 Å². The van der Waals surface area contributed by atoms with E-state index in [0.717, 1.165) is 19.3 Å². The van der Waals surface area contributed by atoms with Crippen molar-refractivity contribution in [3.63, 3.8) is 0 Å². The SMILES string of the molecule is CCOP(=O)(OCC)[C@]1(C(=O)O[C@@H]2C[C@H](C)CC[C@H]2C(C)(C)c2ccccc2)C[C@H]1c1ccc([N+](=O)[O-])cc1. The zero-order valence-electron chi connectivity index (χ0n) is 23.5. The minimum absolute atomic E-state index is 0.0486. The number of carbonyl (C=O) groups is 1. The molecule has 0 bridgehead atoms. The number of rotatable bonds is 11. The molecule has 0 saturated heterocycles. The van der Waals surface area contributed by atoms with E-state index in [1.807, 2.05) is 18.2 Å². The molecule has 0 heterocycles. The van der Waals surface area contributed by atoms with E-state index in [4.69, 9.17) is 13.8 Å². The summed E-state index contributed by atoms with van der Waals surface area (Å²) < 4.78 is 32.1. The highest BCUT2D eigenvalue weighted by atomic mass is 31.2. The Morgan fingerprint density at radius 1 is 1.05 bits per heavy atom. The first kappa shape index (κ1) is 29.4. The summed E-state index contributed by atoms with van der Waals surface area (Å²) in [5.74, 6) is -0.593. The highest BCUT2D eigenvalue weighted by molar-refractivity contribution is 7.57. The van der Waals surface area contributed by atoms with Crippen molar-refractivity contribution < 1.29 is 28.1 Å². The Hall–Kier alpha value is -2.54. The molecule has 2 aliphatic rings. The summed E-state index contributed by atoms with van der Waals surface area (Å²) in [6, 6.07) is 16.3. The third kappa shape index (κ3) is 5.57. The predicted octanol–water partition coefficient (Wildman–Crippen LogP) is 7.41. The second-order valence-electron chi connectivity index (χ2n) is 11.4. The quantitative estimate of drug-likeness (QED) is 0.123. The molecule has 2 aromatic rings. The topological polar surface area (TPSA) is 105 Å². The third-order valence-corrected chi connectivity index (χ3v) is 11.5. The number of carbonyl (C=O) groups excluding carboxylic acids is 1. The van der Waals surface area contributed by atoms with Crippen molar-refractivity contribution in [1.29, 1.82) is 0 Å². The lowest BCUT2D eigenvalue weighted by Gasteiger charge is -2.44. The molecule has 0 amide bonds. The van der Waals surface area contributed by atoms with Crippen LogP contribution in [0, 0.1) is 22.0 Å². The molecule has 5 atom stereocenters. The van der Waals surface area contributed by atoms with E-state index >= 15 is 0 Å². The molecule has 39 heavy (non-hydrogen) atoms. The zero-order valence-corrected chi connectivity index (χ0v) is 24.4. The molecule has 8 nitrogen and oxygen atoms in total. The standard InChI is InChI=1S/C30H40NO7P/c1-6-36-39(35,37-7-2)30(20-26(30)22-14-16-24(17-15-22)31(33)34)28(32)38-27-19-21(3)13-18-25(27)29(4,5)23-11-9-8-10-12-23/h8-12,14-17,21,25-27H,6-7,13,18-20H2,1-5H3/t21-,25-,26+,27-,30-/m1/s1. The lowest BCUT2D eigenvalue weighted by molar-refractivity contribution is -0.384. The molecule has 2 fully saturated rings. The first-order chi connectivity index (χ1) is 18.5. The van der Waals surface area contributed by atoms with Crippen molar-refractivity contribution in [2.24, 2.45) is 11.8 Å². The molecule has 4 rings (SSSR count). The molecule has 2 aliphatic carbocycles. The molecule has 212 valence electrons. The van der Waals surface area contributed by atoms with Crippen molar-refractivity contribution in [2.45, 2.75) is 82.9 Å². The van der Waals surface area contributed by atoms with E-state index in [2.05, 4.69) is 32.9 Å². The van der Waals surface area contributed by atoms with Gasteiger partial charge in [-0.3, -0.25) is 19.5 Å². The van der Waals surface area contributed by atoms with Gasteiger partial charge in [0.2, 0.25) is 0 Å². The number of ether oxygens (including phenoxy) is 1. The third-order valence-electron chi connectivity index (χ3n) is 8.64. The molecule has 0 spiro atoms. The second kappa shape index (κ2) is 11.5. The second-order valence-corrected chi connectivity index (χ2v) is 13.7. The van der Waals surface area contributed by atoms with E-state index in [0.29, 0.717) is 11.5 Å². The van der Waals surface area contributed by atoms with Crippen molar-refractivity contribution in [3.05, 3.63) is 75.8 Å². The zero-order chi connectivity index (χ0) is 28.4. The molecule has 2 aromatic carbocycles. The fraction of sp³-hybridized carbons (Fsp3) is 0.567. The lowest BCUT2D eigenvalue weighted by atomic mass is 9.64.